The molecule has 1 amide bonds. The molecule has 1 aromatic rings. The molecule has 0 aromatic heterocycles. The lowest BCUT2D eigenvalue weighted by molar-refractivity contribution is 0.0939. The summed E-state index contributed by atoms with van der Waals surface area (Å²) in [4.78, 5) is 12.3. The number of hydrogen-bond donors (Lipinski definition) is 2. The molecule has 5 nitrogen and oxygen atoms in total. The predicted octanol–water partition coefficient (Wildman–Crippen LogP) is 2.76. The Hall–Kier alpha value is -0.980. The normalized spacial score (nSPS) is 16.8. The minimum absolute atomic E-state index is 0. The lowest BCUT2D eigenvalue weighted by Crippen LogP contribution is -2.36. The van der Waals surface area contributed by atoms with Gasteiger partial charge < -0.3 is 20.1 Å². The minimum Gasteiger partial charge on any atom is -0.493 e. The molecule has 0 spiro atoms. The van der Waals surface area contributed by atoms with E-state index in [9.17, 15) is 4.79 Å². The summed E-state index contributed by atoms with van der Waals surface area (Å²) in [7, 11) is 1.57. The molecule has 0 aliphatic carbocycles. The first-order valence-electron chi connectivity index (χ1n) is 7.17. The fourth-order valence-electron chi connectivity index (χ4n) is 2.24. The van der Waals surface area contributed by atoms with E-state index < -0.39 is 0 Å². The van der Waals surface area contributed by atoms with Crippen LogP contribution in [0.2, 0.25) is 0 Å². The highest BCUT2D eigenvalue weighted by Gasteiger charge is 2.20. The second-order valence-corrected chi connectivity index (χ2v) is 5.86. The Bertz CT molecular complexity index is 508. The zero-order chi connectivity index (χ0) is 15.2. The molecule has 1 aromatic carbocycles. The maximum Gasteiger partial charge on any atom is 0.251 e. The summed E-state index contributed by atoms with van der Waals surface area (Å²) in [5, 5.41) is 6.24. The van der Waals surface area contributed by atoms with E-state index in [-0.39, 0.29) is 24.4 Å². The molecule has 7 heteroatoms. The van der Waals surface area contributed by atoms with Crippen molar-refractivity contribution in [2.45, 2.75) is 25.8 Å². The van der Waals surface area contributed by atoms with Crippen molar-refractivity contribution < 1.29 is 14.3 Å². The minimum atomic E-state index is -0.0928. The van der Waals surface area contributed by atoms with E-state index in [0.29, 0.717) is 23.7 Å². The number of carbonyl (C=O) groups is 1. The maximum absolute atomic E-state index is 12.3. The third kappa shape index (κ3) is 4.76. The maximum atomic E-state index is 12.3. The molecule has 1 aliphatic heterocycles. The number of amides is 1. The van der Waals surface area contributed by atoms with Gasteiger partial charge in [-0.15, -0.1) is 12.4 Å². The molecule has 0 saturated carbocycles. The Morgan fingerprint density at radius 3 is 2.86 bits per heavy atom. The van der Waals surface area contributed by atoms with Gasteiger partial charge >= 0.3 is 0 Å². The van der Waals surface area contributed by atoms with Gasteiger partial charge in [0.1, 0.15) is 0 Å². The third-order valence-corrected chi connectivity index (χ3v) is 3.93. The number of methoxy groups -OCH3 is 1. The van der Waals surface area contributed by atoms with E-state index in [1.807, 2.05) is 6.92 Å². The summed E-state index contributed by atoms with van der Waals surface area (Å²) in [5.41, 5.74) is 0.564. The van der Waals surface area contributed by atoms with E-state index in [1.54, 1.807) is 19.2 Å². The molecule has 1 unspecified atom stereocenters. The molecule has 1 heterocycles. The van der Waals surface area contributed by atoms with Gasteiger partial charge in [-0.25, -0.2) is 0 Å². The van der Waals surface area contributed by atoms with Crippen molar-refractivity contribution >= 4 is 34.2 Å². The van der Waals surface area contributed by atoms with Crippen molar-refractivity contribution in [3.05, 3.63) is 22.2 Å². The third-order valence-electron chi connectivity index (χ3n) is 3.34. The van der Waals surface area contributed by atoms with Crippen molar-refractivity contribution in [1.29, 1.82) is 0 Å². The number of carbonyl (C=O) groups excluding carboxylic acids is 1. The SMILES string of the molecule is CCCOc1c(Br)cc(C(=O)NC2CCNC2)cc1OC.Cl. The van der Waals surface area contributed by atoms with Gasteiger partial charge in [0.15, 0.2) is 11.5 Å². The van der Waals surface area contributed by atoms with E-state index in [1.165, 1.54) is 0 Å². The topological polar surface area (TPSA) is 59.6 Å². The Morgan fingerprint density at radius 2 is 2.27 bits per heavy atom. The van der Waals surface area contributed by atoms with Gasteiger partial charge in [-0.3, -0.25) is 4.79 Å². The lowest BCUT2D eigenvalue weighted by atomic mass is 10.1. The molecular weight excluding hydrogens is 372 g/mol. The first kappa shape index (κ1) is 19.1. The van der Waals surface area contributed by atoms with Crippen molar-refractivity contribution in [3.8, 4) is 11.5 Å². The van der Waals surface area contributed by atoms with Crippen LogP contribution in [0.5, 0.6) is 11.5 Å². The van der Waals surface area contributed by atoms with Crippen molar-refractivity contribution in [1.82, 2.24) is 10.6 Å². The highest BCUT2D eigenvalue weighted by Crippen LogP contribution is 2.36. The fourth-order valence-corrected chi connectivity index (χ4v) is 2.80. The van der Waals surface area contributed by atoms with Gasteiger partial charge in [0.2, 0.25) is 0 Å². The van der Waals surface area contributed by atoms with Gasteiger partial charge in [0.05, 0.1) is 18.2 Å². The van der Waals surface area contributed by atoms with E-state index >= 15 is 0 Å². The molecule has 0 bridgehead atoms. The summed E-state index contributed by atoms with van der Waals surface area (Å²) < 4.78 is 11.7. The monoisotopic (exact) mass is 392 g/mol. The second-order valence-electron chi connectivity index (χ2n) is 5.00. The van der Waals surface area contributed by atoms with Crippen LogP contribution in [0, 0.1) is 0 Å². The van der Waals surface area contributed by atoms with Gasteiger partial charge in [-0.2, -0.15) is 0 Å². The average molecular weight is 394 g/mol. The van der Waals surface area contributed by atoms with Crippen LogP contribution in [0.15, 0.2) is 16.6 Å². The molecule has 1 saturated heterocycles. The second kappa shape index (κ2) is 9.22. The lowest BCUT2D eigenvalue weighted by Gasteiger charge is -2.15. The molecule has 124 valence electrons. The quantitative estimate of drug-likeness (QED) is 0.780. The van der Waals surface area contributed by atoms with Crippen molar-refractivity contribution in [3.63, 3.8) is 0 Å². The highest BCUT2D eigenvalue weighted by molar-refractivity contribution is 9.10. The zero-order valence-corrected chi connectivity index (χ0v) is 15.2. The first-order valence-corrected chi connectivity index (χ1v) is 7.97. The van der Waals surface area contributed by atoms with Gasteiger partial charge in [-0.05, 0) is 47.4 Å². The van der Waals surface area contributed by atoms with Gasteiger partial charge in [0.25, 0.3) is 5.91 Å². The van der Waals surface area contributed by atoms with Gasteiger partial charge in [0, 0.05) is 18.2 Å². The van der Waals surface area contributed by atoms with Crippen LogP contribution in [-0.2, 0) is 0 Å². The van der Waals surface area contributed by atoms with Crippen LogP contribution >= 0.6 is 28.3 Å². The summed E-state index contributed by atoms with van der Waals surface area (Å²) in [6, 6.07) is 3.68. The Morgan fingerprint density at radius 1 is 1.50 bits per heavy atom. The van der Waals surface area contributed by atoms with E-state index in [4.69, 9.17) is 9.47 Å². The van der Waals surface area contributed by atoms with Crippen LogP contribution in [0.25, 0.3) is 0 Å². The largest absolute Gasteiger partial charge is 0.493 e. The van der Waals surface area contributed by atoms with E-state index in [2.05, 4.69) is 26.6 Å². The number of ether oxygens (including phenoxy) is 2. The number of hydrogen-bond acceptors (Lipinski definition) is 4. The van der Waals surface area contributed by atoms with Crippen LogP contribution in [0.3, 0.4) is 0 Å². The summed E-state index contributed by atoms with van der Waals surface area (Å²) in [5.74, 6) is 1.11. The van der Waals surface area contributed by atoms with Crippen LogP contribution in [0.4, 0.5) is 0 Å². The predicted molar refractivity (Wildman–Crippen MR) is 92.5 cm³/mol. The molecule has 1 aliphatic rings. The van der Waals surface area contributed by atoms with Crippen LogP contribution in [0.1, 0.15) is 30.1 Å². The number of nitrogens with one attached hydrogen (secondary N) is 2. The Kier molecular flexibility index (Phi) is 8.00. The van der Waals surface area contributed by atoms with Crippen LogP contribution < -0.4 is 20.1 Å². The molecule has 2 N–H and O–H groups in total. The molecule has 2 rings (SSSR count). The summed E-state index contributed by atoms with van der Waals surface area (Å²) in [6.45, 7) is 4.41. The standard InChI is InChI=1S/C15H21BrN2O3.ClH/c1-3-6-21-14-12(16)7-10(8-13(14)20-2)15(19)18-11-4-5-17-9-11;/h7-8,11,17H,3-6,9H2,1-2H3,(H,18,19);1H. The molecule has 1 fully saturated rings. The zero-order valence-electron chi connectivity index (χ0n) is 12.8. The van der Waals surface area contributed by atoms with Gasteiger partial charge in [-0.1, -0.05) is 6.92 Å². The van der Waals surface area contributed by atoms with Crippen molar-refractivity contribution in [2.75, 3.05) is 26.8 Å². The Labute approximate surface area is 145 Å². The molecule has 22 heavy (non-hydrogen) atoms. The Balaban J connectivity index is 0.00000242. The summed E-state index contributed by atoms with van der Waals surface area (Å²) in [6.07, 6.45) is 1.87. The number of benzene rings is 1. The first-order chi connectivity index (χ1) is 10.2. The molecular formula is C15H22BrClN2O3. The average Bonchev–Trinajstić information content (AvgIpc) is 2.98. The van der Waals surface area contributed by atoms with Crippen LogP contribution in [-0.4, -0.2) is 38.8 Å². The highest BCUT2D eigenvalue weighted by atomic mass is 79.9. The fraction of sp³-hybridized carbons (Fsp3) is 0.533. The van der Waals surface area contributed by atoms with Crippen molar-refractivity contribution in [2.24, 2.45) is 0 Å². The molecule has 1 atom stereocenters. The van der Waals surface area contributed by atoms with E-state index in [0.717, 1.165) is 30.4 Å². The number of halogens is 2. The smallest absolute Gasteiger partial charge is 0.251 e. The summed E-state index contributed by atoms with van der Waals surface area (Å²) >= 11 is 3.45. The molecule has 0 radical (unpaired) electrons. The number of rotatable bonds is 6.